The zero-order valence-corrected chi connectivity index (χ0v) is 10.5. The maximum atomic E-state index is 11.6. The molecule has 4 heteroatoms. The highest BCUT2D eigenvalue weighted by Gasteiger charge is 2.08. The lowest BCUT2D eigenvalue weighted by Crippen LogP contribution is -2.09. The summed E-state index contributed by atoms with van der Waals surface area (Å²) in [7, 11) is 0. The third-order valence-corrected chi connectivity index (χ3v) is 2.44. The van der Waals surface area contributed by atoms with Crippen LogP contribution >= 0.6 is 11.6 Å². The molecule has 0 aliphatic carbocycles. The molecule has 0 bridgehead atoms. The summed E-state index contributed by atoms with van der Waals surface area (Å²) in [5.74, 6) is -0.313. The van der Waals surface area contributed by atoms with E-state index in [9.17, 15) is 9.59 Å². The first kappa shape index (κ1) is 13.7. The molecule has 0 N–H and O–H groups in total. The van der Waals surface area contributed by atoms with Crippen molar-refractivity contribution in [2.45, 2.75) is 26.2 Å². The van der Waals surface area contributed by atoms with E-state index in [2.05, 4.69) is 0 Å². The van der Waals surface area contributed by atoms with Gasteiger partial charge in [0.05, 0.1) is 13.0 Å². The van der Waals surface area contributed by atoms with Gasteiger partial charge in [-0.2, -0.15) is 0 Å². The summed E-state index contributed by atoms with van der Waals surface area (Å²) in [6.07, 6.45) is 0.665. The van der Waals surface area contributed by atoms with E-state index in [0.29, 0.717) is 18.1 Å². The Morgan fingerprint density at radius 3 is 2.71 bits per heavy atom. The first-order valence-electron chi connectivity index (χ1n) is 5.53. The van der Waals surface area contributed by atoms with Crippen LogP contribution in [0.15, 0.2) is 24.3 Å². The number of rotatable bonds is 6. The number of ether oxygens (including phenoxy) is 1. The summed E-state index contributed by atoms with van der Waals surface area (Å²) in [6, 6.07) is 7.16. The van der Waals surface area contributed by atoms with Crippen LogP contribution in [0.5, 0.6) is 0 Å². The molecule has 0 spiro atoms. The van der Waals surface area contributed by atoms with E-state index in [1.165, 1.54) is 0 Å². The Balaban J connectivity index is 2.37. The van der Waals surface area contributed by atoms with Crippen LogP contribution in [0, 0.1) is 0 Å². The lowest BCUT2D eigenvalue weighted by Gasteiger charge is -2.02. The Kier molecular flexibility index (Phi) is 5.70. The molecule has 1 aromatic carbocycles. The molecule has 0 aliphatic heterocycles. The van der Waals surface area contributed by atoms with Gasteiger partial charge >= 0.3 is 5.97 Å². The number of carbonyl (C=O) groups is 2. The molecule has 1 rings (SSSR count). The number of benzene rings is 1. The molecule has 92 valence electrons. The molecule has 0 aromatic heterocycles. The Morgan fingerprint density at radius 2 is 2.06 bits per heavy atom. The fraction of sp³-hybridized carbons (Fsp3) is 0.385. The molecule has 0 amide bonds. The van der Waals surface area contributed by atoms with Gasteiger partial charge in [0.2, 0.25) is 0 Å². The maximum Gasteiger partial charge on any atom is 0.306 e. The summed E-state index contributed by atoms with van der Waals surface area (Å²) < 4.78 is 4.75. The SMILES string of the molecule is CCOC(=O)CCC(=O)Cc1cccc(Cl)c1. The Morgan fingerprint density at radius 1 is 1.29 bits per heavy atom. The number of halogens is 1. The van der Waals surface area contributed by atoms with Gasteiger partial charge in [0.15, 0.2) is 0 Å². The second kappa shape index (κ2) is 7.07. The van der Waals surface area contributed by atoms with Gasteiger partial charge in [0.1, 0.15) is 5.78 Å². The van der Waals surface area contributed by atoms with Gasteiger partial charge in [-0.25, -0.2) is 0 Å². The lowest BCUT2D eigenvalue weighted by molar-refractivity contribution is -0.144. The molecule has 0 saturated heterocycles. The molecule has 17 heavy (non-hydrogen) atoms. The summed E-state index contributed by atoms with van der Waals surface area (Å²) in [4.78, 5) is 22.6. The molecule has 0 aliphatic rings. The second-order valence-corrected chi connectivity index (χ2v) is 4.09. The van der Waals surface area contributed by atoms with E-state index in [0.717, 1.165) is 5.56 Å². The Hall–Kier alpha value is -1.35. The highest BCUT2D eigenvalue weighted by molar-refractivity contribution is 6.30. The number of hydrogen-bond donors (Lipinski definition) is 0. The third-order valence-electron chi connectivity index (χ3n) is 2.20. The first-order valence-corrected chi connectivity index (χ1v) is 5.91. The summed E-state index contributed by atoms with van der Waals surface area (Å²) >= 11 is 5.81. The predicted molar refractivity (Wildman–Crippen MR) is 66.0 cm³/mol. The minimum atomic E-state index is -0.327. The zero-order valence-electron chi connectivity index (χ0n) is 9.74. The van der Waals surface area contributed by atoms with Crippen molar-refractivity contribution in [1.82, 2.24) is 0 Å². The van der Waals surface area contributed by atoms with Gasteiger partial charge in [0.25, 0.3) is 0 Å². The van der Waals surface area contributed by atoms with E-state index < -0.39 is 0 Å². The first-order chi connectivity index (χ1) is 8.11. The van der Waals surface area contributed by atoms with Crippen LogP contribution in [0.2, 0.25) is 5.02 Å². The predicted octanol–water partition coefficient (Wildman–Crippen LogP) is 2.79. The number of esters is 1. The van der Waals surface area contributed by atoms with Gasteiger partial charge in [0, 0.05) is 17.9 Å². The van der Waals surface area contributed by atoms with Gasteiger partial charge < -0.3 is 4.74 Å². The molecule has 0 fully saturated rings. The summed E-state index contributed by atoms with van der Waals surface area (Å²) in [5, 5.41) is 0.612. The number of ketones is 1. The smallest absolute Gasteiger partial charge is 0.306 e. The monoisotopic (exact) mass is 254 g/mol. The highest BCUT2D eigenvalue weighted by Crippen LogP contribution is 2.12. The summed E-state index contributed by atoms with van der Waals surface area (Å²) in [6.45, 7) is 2.09. The second-order valence-electron chi connectivity index (χ2n) is 3.65. The molecule has 0 radical (unpaired) electrons. The fourth-order valence-corrected chi connectivity index (χ4v) is 1.65. The van der Waals surface area contributed by atoms with Gasteiger partial charge in [-0.05, 0) is 24.6 Å². The Labute approximate surface area is 106 Å². The molecular weight excluding hydrogens is 240 g/mol. The minimum Gasteiger partial charge on any atom is -0.466 e. The van der Waals surface area contributed by atoms with Crippen LogP contribution in [0.4, 0.5) is 0 Å². The van der Waals surface area contributed by atoms with E-state index in [-0.39, 0.29) is 24.6 Å². The number of Topliss-reactive ketones (excluding diaryl/α,β-unsaturated/α-hetero) is 1. The van der Waals surface area contributed by atoms with E-state index in [1.54, 1.807) is 25.1 Å². The van der Waals surface area contributed by atoms with Crippen LogP contribution in [0.25, 0.3) is 0 Å². The van der Waals surface area contributed by atoms with E-state index in [1.807, 2.05) is 6.07 Å². The molecule has 0 unspecified atom stereocenters. The normalized spacial score (nSPS) is 10.0. The van der Waals surface area contributed by atoms with Crippen molar-refractivity contribution < 1.29 is 14.3 Å². The van der Waals surface area contributed by atoms with Crippen molar-refractivity contribution >= 4 is 23.4 Å². The number of carbonyl (C=O) groups excluding carboxylic acids is 2. The molecule has 3 nitrogen and oxygen atoms in total. The minimum absolute atomic E-state index is 0.0142. The average Bonchev–Trinajstić information content (AvgIpc) is 2.27. The van der Waals surface area contributed by atoms with Gasteiger partial charge in [-0.3, -0.25) is 9.59 Å². The average molecular weight is 255 g/mol. The van der Waals surface area contributed by atoms with Crippen molar-refractivity contribution in [3.05, 3.63) is 34.9 Å². The van der Waals surface area contributed by atoms with Crippen molar-refractivity contribution in [1.29, 1.82) is 0 Å². The molecule has 0 saturated carbocycles. The molecule has 1 aromatic rings. The molecule has 0 atom stereocenters. The van der Waals surface area contributed by atoms with Crippen molar-refractivity contribution in [2.24, 2.45) is 0 Å². The van der Waals surface area contributed by atoms with E-state index >= 15 is 0 Å². The maximum absolute atomic E-state index is 11.6. The van der Waals surface area contributed by atoms with Crippen LogP contribution in [0.1, 0.15) is 25.3 Å². The Bertz CT molecular complexity index is 401. The topological polar surface area (TPSA) is 43.4 Å². The van der Waals surface area contributed by atoms with E-state index in [4.69, 9.17) is 16.3 Å². The van der Waals surface area contributed by atoms with Crippen LogP contribution < -0.4 is 0 Å². The van der Waals surface area contributed by atoms with Gasteiger partial charge in [-0.1, -0.05) is 23.7 Å². The standard InChI is InChI=1S/C13H15ClO3/c1-2-17-13(16)7-6-12(15)9-10-4-3-5-11(14)8-10/h3-5,8H,2,6-7,9H2,1H3. The van der Waals surface area contributed by atoms with Crippen LogP contribution in [-0.4, -0.2) is 18.4 Å². The largest absolute Gasteiger partial charge is 0.466 e. The quantitative estimate of drug-likeness (QED) is 0.733. The van der Waals surface area contributed by atoms with Crippen LogP contribution in [0.3, 0.4) is 0 Å². The molecular formula is C13H15ClO3. The molecule has 0 heterocycles. The van der Waals surface area contributed by atoms with Gasteiger partial charge in [-0.15, -0.1) is 0 Å². The third kappa shape index (κ3) is 5.50. The zero-order chi connectivity index (χ0) is 12.7. The fourth-order valence-electron chi connectivity index (χ4n) is 1.44. The van der Waals surface area contributed by atoms with Crippen molar-refractivity contribution in [2.75, 3.05) is 6.61 Å². The van der Waals surface area contributed by atoms with Crippen molar-refractivity contribution in [3.63, 3.8) is 0 Å². The summed E-state index contributed by atoms with van der Waals surface area (Å²) in [5.41, 5.74) is 0.867. The highest BCUT2D eigenvalue weighted by atomic mass is 35.5. The lowest BCUT2D eigenvalue weighted by atomic mass is 10.1. The van der Waals surface area contributed by atoms with Crippen molar-refractivity contribution in [3.8, 4) is 0 Å². The number of hydrogen-bond acceptors (Lipinski definition) is 3. The van der Waals surface area contributed by atoms with Crippen LogP contribution in [-0.2, 0) is 20.7 Å².